The fourth-order valence-electron chi connectivity index (χ4n) is 1.30. The van der Waals surface area contributed by atoms with E-state index >= 15 is 0 Å². The van der Waals surface area contributed by atoms with Crippen molar-refractivity contribution >= 4 is 0 Å². The van der Waals surface area contributed by atoms with Crippen LogP contribution >= 0.6 is 0 Å². The molecule has 1 aliphatic heterocycles. The quantitative estimate of drug-likeness (QED) is 0.193. The summed E-state index contributed by atoms with van der Waals surface area (Å²) in [5, 5.41) is 9.48. The number of ether oxygens (including phenoxy) is 1. The lowest BCUT2D eigenvalue weighted by molar-refractivity contribution is -0.247. The van der Waals surface area contributed by atoms with Crippen molar-refractivity contribution in [2.45, 2.75) is 36.3 Å². The Bertz CT molecular complexity index is 218. The summed E-state index contributed by atoms with van der Waals surface area (Å²) in [7, 11) is 0. The molecular formula is C6H18N6O2. The smallest absolute Gasteiger partial charge is 0.177 e. The zero-order valence-corrected chi connectivity index (χ0v) is 7.97. The van der Waals surface area contributed by atoms with Crippen LogP contribution in [0.25, 0.3) is 0 Å². The molecule has 8 heteroatoms. The van der Waals surface area contributed by atoms with Gasteiger partial charge in [-0.15, -0.1) is 0 Å². The summed E-state index contributed by atoms with van der Waals surface area (Å²) in [6.45, 7) is 1.39. The molecule has 8 nitrogen and oxygen atoms in total. The Balaban J connectivity index is 3.17. The molecule has 1 aliphatic rings. The first-order valence-corrected chi connectivity index (χ1v) is 4.08. The molecule has 2 unspecified atom stereocenters. The average molecular weight is 206 g/mol. The maximum absolute atomic E-state index is 9.48. The van der Waals surface area contributed by atoms with Gasteiger partial charge in [0.25, 0.3) is 0 Å². The number of nitrogens with two attached hydrogens (primary N) is 6. The van der Waals surface area contributed by atoms with Crippen molar-refractivity contribution in [3.63, 3.8) is 0 Å². The van der Waals surface area contributed by atoms with Gasteiger partial charge in [-0.05, 0) is 6.92 Å². The van der Waals surface area contributed by atoms with Crippen LogP contribution in [0.4, 0.5) is 0 Å². The predicted molar refractivity (Wildman–Crippen MR) is 49.9 cm³/mol. The lowest BCUT2D eigenvalue weighted by atomic mass is 9.75. The van der Waals surface area contributed by atoms with Gasteiger partial charge in [-0.2, -0.15) is 0 Å². The molecule has 3 atom stereocenters. The number of hydrogen-bond donors (Lipinski definition) is 7. The van der Waals surface area contributed by atoms with E-state index in [4.69, 9.17) is 39.1 Å². The fraction of sp³-hybridized carbons (Fsp3) is 1.00. The summed E-state index contributed by atoms with van der Waals surface area (Å²) in [6.07, 6.45) is -2.61. The van der Waals surface area contributed by atoms with Gasteiger partial charge in [0.15, 0.2) is 6.29 Å². The summed E-state index contributed by atoms with van der Waals surface area (Å²) in [5.41, 5.74) is 28.8. The van der Waals surface area contributed by atoms with Crippen LogP contribution in [0, 0.1) is 0 Å². The molecule has 0 aliphatic carbocycles. The first kappa shape index (κ1) is 11.8. The summed E-state index contributed by atoms with van der Waals surface area (Å²) < 4.78 is 4.85. The van der Waals surface area contributed by atoms with E-state index in [2.05, 4.69) is 0 Å². The van der Waals surface area contributed by atoms with Gasteiger partial charge in [0.1, 0.15) is 17.6 Å². The molecule has 84 valence electrons. The van der Waals surface area contributed by atoms with Gasteiger partial charge in [-0.1, -0.05) is 0 Å². The van der Waals surface area contributed by atoms with Crippen molar-refractivity contribution in [2.75, 3.05) is 0 Å². The molecule has 0 aromatic rings. The standard InChI is InChI=1S/C6H18N6O2/c1-4(8)3(13)14-2(7)5(9,10)6(4,11)12/h2-3,13H,7-12H2,1H3/t2?,3?,4-/m0/s1. The highest BCUT2D eigenvalue weighted by Gasteiger charge is 2.62. The Labute approximate surface area is 81.5 Å². The number of rotatable bonds is 0. The van der Waals surface area contributed by atoms with Crippen LogP contribution in [0.15, 0.2) is 0 Å². The maximum Gasteiger partial charge on any atom is 0.177 e. The third-order valence-electron chi connectivity index (χ3n) is 2.87. The molecule has 0 radical (unpaired) electrons. The number of aliphatic hydroxyl groups is 1. The van der Waals surface area contributed by atoms with Gasteiger partial charge in [0.05, 0.1) is 5.54 Å². The Kier molecular flexibility index (Phi) is 2.38. The summed E-state index contributed by atoms with van der Waals surface area (Å²) in [5.74, 6) is 0. The SMILES string of the molecule is C[C@]1(N)C(O)OC(N)C(N)(N)C1(N)N. The molecule has 0 amide bonds. The molecule has 1 rings (SSSR count). The molecule has 0 saturated carbocycles. The minimum absolute atomic E-state index is 1.19. The normalized spacial score (nSPS) is 46.3. The van der Waals surface area contributed by atoms with Crippen molar-refractivity contribution in [1.82, 2.24) is 0 Å². The molecule has 1 fully saturated rings. The first-order valence-electron chi connectivity index (χ1n) is 4.08. The van der Waals surface area contributed by atoms with Gasteiger partial charge in [0.2, 0.25) is 0 Å². The van der Waals surface area contributed by atoms with Gasteiger partial charge < -0.3 is 44.2 Å². The van der Waals surface area contributed by atoms with E-state index in [-0.39, 0.29) is 0 Å². The molecule has 14 heavy (non-hydrogen) atoms. The zero-order chi connectivity index (χ0) is 11.4. The maximum atomic E-state index is 9.48. The van der Waals surface area contributed by atoms with Crippen molar-refractivity contribution < 1.29 is 9.84 Å². The van der Waals surface area contributed by atoms with Gasteiger partial charge in [-0.3, -0.25) is 0 Å². The van der Waals surface area contributed by atoms with Crippen molar-refractivity contribution in [3.8, 4) is 0 Å². The monoisotopic (exact) mass is 206 g/mol. The minimum Gasteiger partial charge on any atom is -0.366 e. The third kappa shape index (κ3) is 1.17. The van der Waals surface area contributed by atoms with Gasteiger partial charge in [0, 0.05) is 0 Å². The highest BCUT2D eigenvalue weighted by atomic mass is 16.6. The van der Waals surface area contributed by atoms with Crippen LogP contribution < -0.4 is 34.4 Å². The van der Waals surface area contributed by atoms with Gasteiger partial charge in [-0.25, -0.2) is 0 Å². The van der Waals surface area contributed by atoms with Crippen LogP contribution in [0.3, 0.4) is 0 Å². The zero-order valence-electron chi connectivity index (χ0n) is 7.97. The first-order chi connectivity index (χ1) is 6.05. The Hall–Kier alpha value is -0.320. The molecule has 0 bridgehead atoms. The third-order valence-corrected chi connectivity index (χ3v) is 2.87. The number of aliphatic hydroxyl groups excluding tert-OH is 1. The Morgan fingerprint density at radius 1 is 1.14 bits per heavy atom. The lowest BCUT2D eigenvalue weighted by Crippen LogP contribution is -2.95. The van der Waals surface area contributed by atoms with Crippen molar-refractivity contribution in [2.24, 2.45) is 34.4 Å². The van der Waals surface area contributed by atoms with E-state index in [1.54, 1.807) is 0 Å². The van der Waals surface area contributed by atoms with Crippen LogP contribution in [-0.4, -0.2) is 34.5 Å². The average Bonchev–Trinajstić information content (AvgIpc) is 2.01. The van der Waals surface area contributed by atoms with E-state index in [1.807, 2.05) is 0 Å². The summed E-state index contributed by atoms with van der Waals surface area (Å²) in [4.78, 5) is 0. The number of hydrogen-bond acceptors (Lipinski definition) is 8. The lowest BCUT2D eigenvalue weighted by Gasteiger charge is -2.57. The molecule has 0 spiro atoms. The van der Waals surface area contributed by atoms with Crippen molar-refractivity contribution in [3.05, 3.63) is 0 Å². The van der Waals surface area contributed by atoms with Crippen LogP contribution in [0.5, 0.6) is 0 Å². The largest absolute Gasteiger partial charge is 0.366 e. The van der Waals surface area contributed by atoms with E-state index in [0.717, 1.165) is 0 Å². The second-order valence-electron chi connectivity index (χ2n) is 3.99. The Morgan fingerprint density at radius 2 is 1.57 bits per heavy atom. The highest BCUT2D eigenvalue weighted by molar-refractivity contribution is 5.18. The Morgan fingerprint density at radius 3 is 2.00 bits per heavy atom. The predicted octanol–water partition coefficient (Wildman–Crippen LogP) is -4.44. The second-order valence-corrected chi connectivity index (χ2v) is 3.99. The van der Waals surface area contributed by atoms with E-state index in [1.165, 1.54) is 6.92 Å². The van der Waals surface area contributed by atoms with Crippen LogP contribution in [0.1, 0.15) is 6.92 Å². The summed E-state index contributed by atoms with van der Waals surface area (Å²) in [6, 6.07) is 0. The molecule has 0 aromatic heterocycles. The highest BCUT2D eigenvalue weighted by Crippen LogP contribution is 2.31. The summed E-state index contributed by atoms with van der Waals surface area (Å²) >= 11 is 0. The molecular weight excluding hydrogens is 188 g/mol. The van der Waals surface area contributed by atoms with Crippen molar-refractivity contribution in [1.29, 1.82) is 0 Å². The van der Waals surface area contributed by atoms with E-state index in [0.29, 0.717) is 0 Å². The molecule has 13 N–H and O–H groups in total. The van der Waals surface area contributed by atoms with Crippen LogP contribution in [-0.2, 0) is 4.74 Å². The molecule has 0 aromatic carbocycles. The molecule has 1 heterocycles. The fourth-order valence-corrected chi connectivity index (χ4v) is 1.30. The minimum atomic E-state index is -1.75. The van der Waals surface area contributed by atoms with Gasteiger partial charge >= 0.3 is 0 Å². The topological polar surface area (TPSA) is 186 Å². The van der Waals surface area contributed by atoms with Crippen LogP contribution in [0.2, 0.25) is 0 Å². The molecule has 1 saturated heterocycles. The van der Waals surface area contributed by atoms with E-state index < -0.39 is 29.4 Å². The van der Waals surface area contributed by atoms with E-state index in [9.17, 15) is 5.11 Å². The second kappa shape index (κ2) is 2.84.